The summed E-state index contributed by atoms with van der Waals surface area (Å²) >= 11 is 0. The van der Waals surface area contributed by atoms with Gasteiger partial charge in [0.05, 0.1) is 17.7 Å². The molecule has 0 aliphatic heterocycles. The predicted octanol–water partition coefficient (Wildman–Crippen LogP) is 3.16. The summed E-state index contributed by atoms with van der Waals surface area (Å²) in [6.45, 7) is 0. The number of hydrogen-bond donors (Lipinski definition) is 1. The molecule has 2 aromatic rings. The van der Waals surface area contributed by atoms with Gasteiger partial charge in [-0.05, 0) is 17.7 Å². The number of nitro benzene ring substituents is 1. The first kappa shape index (κ1) is 15.9. The summed E-state index contributed by atoms with van der Waals surface area (Å²) in [6.07, 6.45) is 0. The summed E-state index contributed by atoms with van der Waals surface area (Å²) in [5.41, 5.74) is 0.788. The molecule has 0 spiro atoms. The number of rotatable bonds is 5. The smallest absolute Gasteiger partial charge is 0.269 e. The lowest BCUT2D eigenvalue weighted by atomic mass is 10.1. The second-order valence-corrected chi connectivity index (χ2v) is 5.21. The number of amides is 1. The number of nitrogens with zero attached hydrogens (tertiary/aromatic N) is 1. The van der Waals surface area contributed by atoms with Crippen LogP contribution in [0.5, 0.6) is 5.75 Å². The Kier molecular flexibility index (Phi) is 5.07. The van der Waals surface area contributed by atoms with E-state index in [1.807, 2.05) is 0 Å². The van der Waals surface area contributed by atoms with E-state index >= 15 is 0 Å². The number of ether oxygens (including phenoxy) is 1. The maximum atomic E-state index is 12.2. The molecule has 0 fully saturated rings. The molecule has 2 unspecified atom stereocenters. The highest BCUT2D eigenvalue weighted by Crippen LogP contribution is 2.27. The maximum Gasteiger partial charge on any atom is 0.269 e. The largest absolute Gasteiger partial charge is 0.497 e. The molecule has 2 aromatic carbocycles. The molecule has 6 nitrogen and oxygen atoms in total. The second-order valence-electron chi connectivity index (χ2n) is 4.55. The summed E-state index contributed by atoms with van der Waals surface area (Å²) in [4.78, 5) is 22.4. The van der Waals surface area contributed by atoms with Crippen molar-refractivity contribution in [1.29, 1.82) is 0 Å². The Balaban J connectivity index is 2.09. The van der Waals surface area contributed by atoms with Crippen LogP contribution in [0.3, 0.4) is 0 Å². The van der Waals surface area contributed by atoms with Crippen LogP contribution in [0, 0.1) is 10.1 Å². The number of carbonyl (C=O) groups excluding carboxylic acids is 1. The van der Waals surface area contributed by atoms with Crippen LogP contribution in [0.4, 0.5) is 11.4 Å². The lowest BCUT2D eigenvalue weighted by molar-refractivity contribution is -0.384. The van der Waals surface area contributed by atoms with Crippen LogP contribution in [0.25, 0.3) is 0 Å². The van der Waals surface area contributed by atoms with Crippen LogP contribution in [0.1, 0.15) is 11.2 Å². The molecule has 1 N–H and O–H groups in total. The van der Waals surface area contributed by atoms with Crippen molar-refractivity contribution in [3.63, 3.8) is 0 Å². The first-order valence-corrected chi connectivity index (χ1v) is 7.13. The quantitative estimate of drug-likeness (QED) is 0.521. The Hall–Kier alpha value is -2.46. The summed E-state index contributed by atoms with van der Waals surface area (Å²) in [5, 5.41) is 13.4. The van der Waals surface area contributed by atoms with Gasteiger partial charge in [0.1, 0.15) is 5.75 Å². The minimum atomic E-state index is -0.507. The van der Waals surface area contributed by atoms with E-state index in [4.69, 9.17) is 4.74 Å². The molecule has 0 aliphatic rings. The van der Waals surface area contributed by atoms with Crippen molar-refractivity contribution in [2.45, 2.75) is 5.66 Å². The highest BCUT2D eigenvalue weighted by atomic mass is 31.0. The normalized spacial score (nSPS) is 11.5. The Morgan fingerprint density at radius 2 is 1.95 bits per heavy atom. The van der Waals surface area contributed by atoms with Gasteiger partial charge in [-0.1, -0.05) is 18.2 Å². The molecule has 7 heteroatoms. The van der Waals surface area contributed by atoms with Gasteiger partial charge in [0.25, 0.3) is 5.69 Å². The number of nitro groups is 1. The van der Waals surface area contributed by atoms with Crippen LogP contribution in [0.2, 0.25) is 0 Å². The first-order valence-electron chi connectivity index (χ1n) is 6.46. The minimum Gasteiger partial charge on any atom is -0.497 e. The van der Waals surface area contributed by atoms with E-state index in [1.54, 1.807) is 43.5 Å². The van der Waals surface area contributed by atoms with Crippen molar-refractivity contribution in [2.75, 3.05) is 12.4 Å². The highest BCUT2D eigenvalue weighted by Gasteiger charge is 2.17. The van der Waals surface area contributed by atoms with E-state index in [0.29, 0.717) is 17.0 Å². The van der Waals surface area contributed by atoms with E-state index in [9.17, 15) is 14.9 Å². The third kappa shape index (κ3) is 3.80. The average Bonchev–Trinajstić information content (AvgIpc) is 2.54. The third-order valence-corrected chi connectivity index (χ3v) is 3.77. The zero-order chi connectivity index (χ0) is 16.1. The van der Waals surface area contributed by atoms with Gasteiger partial charge in [0.15, 0.2) is 0 Å². The lowest BCUT2D eigenvalue weighted by Gasteiger charge is -2.13. The number of methoxy groups -OCH3 is 1. The van der Waals surface area contributed by atoms with E-state index in [0.717, 1.165) is 0 Å². The molecule has 0 heterocycles. The molecule has 0 aliphatic carbocycles. The van der Waals surface area contributed by atoms with Crippen molar-refractivity contribution in [3.8, 4) is 5.75 Å². The van der Waals surface area contributed by atoms with E-state index < -0.39 is 10.6 Å². The Morgan fingerprint density at radius 3 is 2.55 bits per heavy atom. The van der Waals surface area contributed by atoms with Crippen LogP contribution in [-0.2, 0) is 4.79 Å². The van der Waals surface area contributed by atoms with Gasteiger partial charge in [0, 0.05) is 23.9 Å². The molecule has 1 amide bonds. The molecular formula is C15H15N2O4P. The van der Waals surface area contributed by atoms with Crippen molar-refractivity contribution < 1.29 is 14.5 Å². The van der Waals surface area contributed by atoms with Crippen LogP contribution < -0.4 is 10.1 Å². The summed E-state index contributed by atoms with van der Waals surface area (Å²) in [5.74, 6) is 0.417. The van der Waals surface area contributed by atoms with Gasteiger partial charge < -0.3 is 10.1 Å². The highest BCUT2D eigenvalue weighted by molar-refractivity contribution is 7.19. The van der Waals surface area contributed by atoms with Crippen LogP contribution in [-0.4, -0.2) is 17.9 Å². The van der Waals surface area contributed by atoms with E-state index in [1.165, 1.54) is 12.1 Å². The molecule has 0 saturated carbocycles. The summed E-state index contributed by atoms with van der Waals surface area (Å²) in [6, 6.07) is 12.9. The van der Waals surface area contributed by atoms with Crippen molar-refractivity contribution in [2.24, 2.45) is 0 Å². The number of benzene rings is 2. The molecule has 0 bridgehead atoms. The van der Waals surface area contributed by atoms with E-state index in [2.05, 4.69) is 14.6 Å². The second kappa shape index (κ2) is 7.00. The first-order chi connectivity index (χ1) is 10.5. The molecule has 2 atom stereocenters. The molecule has 114 valence electrons. The van der Waals surface area contributed by atoms with Gasteiger partial charge in [-0.25, -0.2) is 0 Å². The standard InChI is InChI=1S/C15H15N2O4P/c1-21-13-4-2-3-11(9-13)16-15(18)14(22)10-5-7-12(8-6-10)17(19)20/h2-9,14H,22H2,1H3,(H,16,18). The minimum absolute atomic E-state index is 0.00541. The van der Waals surface area contributed by atoms with Crippen LogP contribution in [0.15, 0.2) is 48.5 Å². The molecular weight excluding hydrogens is 303 g/mol. The molecule has 0 aromatic heterocycles. The van der Waals surface area contributed by atoms with Crippen molar-refractivity contribution in [3.05, 3.63) is 64.2 Å². The molecule has 0 radical (unpaired) electrons. The summed E-state index contributed by atoms with van der Waals surface area (Å²) < 4.78 is 5.10. The number of carbonyl (C=O) groups is 1. The zero-order valence-corrected chi connectivity index (χ0v) is 13.0. The summed E-state index contributed by atoms with van der Waals surface area (Å²) in [7, 11) is 3.99. The van der Waals surface area contributed by atoms with E-state index in [-0.39, 0.29) is 11.6 Å². The van der Waals surface area contributed by atoms with Crippen LogP contribution >= 0.6 is 9.24 Å². The monoisotopic (exact) mass is 318 g/mol. The fraction of sp³-hybridized carbons (Fsp3) is 0.133. The van der Waals surface area contributed by atoms with Gasteiger partial charge in [-0.2, -0.15) is 0 Å². The number of nitrogens with one attached hydrogen (secondary N) is 1. The SMILES string of the molecule is COc1cccc(NC(=O)C(P)c2ccc([N+](=O)[O-])cc2)c1. The Bertz CT molecular complexity index is 688. The number of anilines is 1. The zero-order valence-electron chi connectivity index (χ0n) is 11.9. The van der Waals surface area contributed by atoms with Gasteiger partial charge in [0.2, 0.25) is 5.91 Å². The van der Waals surface area contributed by atoms with Gasteiger partial charge in [-0.15, -0.1) is 9.24 Å². The molecule has 0 saturated heterocycles. The number of hydrogen-bond acceptors (Lipinski definition) is 4. The molecule has 22 heavy (non-hydrogen) atoms. The Labute approximate surface area is 129 Å². The maximum absolute atomic E-state index is 12.2. The Morgan fingerprint density at radius 1 is 1.27 bits per heavy atom. The van der Waals surface area contributed by atoms with Gasteiger partial charge >= 0.3 is 0 Å². The fourth-order valence-electron chi connectivity index (χ4n) is 1.88. The van der Waals surface area contributed by atoms with Gasteiger partial charge in [-0.3, -0.25) is 14.9 Å². The number of non-ortho nitro benzene ring substituents is 1. The topological polar surface area (TPSA) is 81.5 Å². The fourth-order valence-corrected chi connectivity index (χ4v) is 2.18. The lowest BCUT2D eigenvalue weighted by Crippen LogP contribution is -2.16. The third-order valence-electron chi connectivity index (χ3n) is 3.08. The van der Waals surface area contributed by atoms with Crippen molar-refractivity contribution >= 4 is 26.5 Å². The molecule has 2 rings (SSSR count). The van der Waals surface area contributed by atoms with Crippen molar-refractivity contribution in [1.82, 2.24) is 0 Å². The predicted molar refractivity (Wildman–Crippen MR) is 87.2 cm³/mol. The average molecular weight is 318 g/mol.